The van der Waals surface area contributed by atoms with Crippen LogP contribution >= 0.6 is 0 Å². The maximum absolute atomic E-state index is 8.52. The van der Waals surface area contributed by atoms with Crippen LogP contribution < -0.4 is 0 Å². The van der Waals surface area contributed by atoms with Crippen molar-refractivity contribution in [1.29, 1.82) is 0 Å². The molecular weight excluding hydrogens is 214 g/mol. The van der Waals surface area contributed by atoms with Gasteiger partial charge in [-0.15, -0.1) is 0 Å². The van der Waals surface area contributed by atoms with Crippen molar-refractivity contribution in [3.63, 3.8) is 0 Å². The van der Waals surface area contributed by atoms with E-state index in [0.29, 0.717) is 0 Å². The SMILES string of the molecule is O=S(=O)([O-])[O-].OB(O)O.[Ni+2]. The van der Waals surface area contributed by atoms with E-state index in [1.807, 2.05) is 0 Å². The third kappa shape index (κ3) is 4660. The smallest absolute Gasteiger partial charge is 0.759 e. The van der Waals surface area contributed by atoms with E-state index in [0.717, 1.165) is 0 Å². The Balaban J connectivity index is -0.0000000910. The van der Waals surface area contributed by atoms with Gasteiger partial charge in [-0.05, 0) is 0 Å². The van der Waals surface area contributed by atoms with E-state index in [1.54, 1.807) is 0 Å². The summed E-state index contributed by atoms with van der Waals surface area (Å²) in [6, 6.07) is 0. The molecule has 0 aromatic carbocycles. The van der Waals surface area contributed by atoms with Crippen LogP contribution in [0.1, 0.15) is 0 Å². The molecule has 0 radical (unpaired) electrons. The van der Waals surface area contributed by atoms with Gasteiger partial charge < -0.3 is 24.2 Å². The third-order valence-corrected chi connectivity index (χ3v) is 0. The van der Waals surface area contributed by atoms with Crippen LogP contribution in [0.25, 0.3) is 0 Å². The summed E-state index contributed by atoms with van der Waals surface area (Å²) in [6.45, 7) is 0. The summed E-state index contributed by atoms with van der Waals surface area (Å²) in [7, 11) is -7.33. The Hall–Kier alpha value is 0.308. The molecule has 3 N–H and O–H groups in total. The second kappa shape index (κ2) is 7.42. The molecule has 0 spiro atoms. The standard InChI is InChI=1S/BH3O3.Ni.H2O4S/c2-1(3)4;;1-5(2,3)4/h2-4H;;(H2,1,2,3,4)/q;+2;/p-2. The fraction of sp³-hybridized carbons (Fsp3) is 0. The molecule has 0 fully saturated rings. The molecule has 0 heterocycles. The molecule has 0 amide bonds. The Kier molecular flexibility index (Phi) is 12.4. The zero-order valence-electron chi connectivity index (χ0n) is 4.28. The Bertz CT molecular complexity index is 125. The summed E-state index contributed by atoms with van der Waals surface area (Å²) < 4.78 is 34.1. The second-order valence-corrected chi connectivity index (χ2v) is 1.57. The molecule has 0 saturated heterocycles. The van der Waals surface area contributed by atoms with Gasteiger partial charge in [0.05, 0.1) is 0 Å². The summed E-state index contributed by atoms with van der Waals surface area (Å²) in [5.41, 5.74) is 0. The van der Waals surface area contributed by atoms with E-state index in [4.69, 9.17) is 32.6 Å². The third-order valence-electron chi connectivity index (χ3n) is 0. The van der Waals surface area contributed by atoms with Crippen LogP contribution in [0.3, 0.4) is 0 Å². The first-order valence-corrected chi connectivity index (χ1v) is 2.77. The van der Waals surface area contributed by atoms with Crippen LogP contribution in [-0.4, -0.2) is 39.9 Å². The average Bonchev–Trinajstić information content (AvgIpc) is 1.19. The van der Waals surface area contributed by atoms with Crippen molar-refractivity contribution in [3.05, 3.63) is 0 Å². The summed E-state index contributed by atoms with van der Waals surface area (Å²) in [6.07, 6.45) is 0. The van der Waals surface area contributed by atoms with Gasteiger partial charge in [0.2, 0.25) is 0 Å². The predicted molar refractivity (Wildman–Crippen MR) is 22.9 cm³/mol. The molecule has 0 aliphatic heterocycles. The van der Waals surface area contributed by atoms with Crippen molar-refractivity contribution in [1.82, 2.24) is 0 Å². The molecular formula is H3BNiO7S. The molecule has 7 nitrogen and oxygen atoms in total. The van der Waals surface area contributed by atoms with Gasteiger partial charge in [-0.1, -0.05) is 0 Å². The number of hydrogen-bond acceptors (Lipinski definition) is 7. The Morgan fingerprint density at radius 1 is 1.10 bits per heavy atom. The zero-order chi connectivity index (χ0) is 8.08. The first-order chi connectivity index (χ1) is 3.73. The largest absolute Gasteiger partial charge is 2.00 e. The second-order valence-electron chi connectivity index (χ2n) is 0.755. The van der Waals surface area contributed by atoms with Gasteiger partial charge in [0.1, 0.15) is 0 Å². The van der Waals surface area contributed by atoms with E-state index >= 15 is 0 Å². The fourth-order valence-electron chi connectivity index (χ4n) is 0. The quantitative estimate of drug-likeness (QED) is 0.218. The molecule has 0 atom stereocenters. The van der Waals surface area contributed by atoms with E-state index < -0.39 is 17.7 Å². The molecule has 0 rings (SSSR count). The molecule has 0 bridgehead atoms. The maximum Gasteiger partial charge on any atom is 2.00 e. The van der Waals surface area contributed by atoms with Gasteiger partial charge in [-0.25, -0.2) is 0 Å². The van der Waals surface area contributed by atoms with Crippen LogP contribution in [0.15, 0.2) is 0 Å². The Morgan fingerprint density at radius 2 is 1.10 bits per heavy atom. The number of hydrogen-bond donors (Lipinski definition) is 3. The predicted octanol–water partition coefficient (Wildman–Crippen LogP) is -3.39. The van der Waals surface area contributed by atoms with Crippen molar-refractivity contribution in [2.24, 2.45) is 0 Å². The maximum atomic E-state index is 8.52. The van der Waals surface area contributed by atoms with Gasteiger partial charge in [0.15, 0.2) is 0 Å². The topological polar surface area (TPSA) is 141 Å². The van der Waals surface area contributed by atoms with Gasteiger partial charge in [-0.3, -0.25) is 8.42 Å². The Labute approximate surface area is 67.4 Å². The molecule has 0 aliphatic carbocycles. The molecule has 10 heavy (non-hydrogen) atoms. The molecule has 0 saturated carbocycles. The van der Waals surface area contributed by atoms with Crippen LogP contribution in [0.4, 0.5) is 0 Å². The fourth-order valence-corrected chi connectivity index (χ4v) is 0. The average molecular weight is 217 g/mol. The van der Waals surface area contributed by atoms with Gasteiger partial charge in [0, 0.05) is 10.4 Å². The zero-order valence-corrected chi connectivity index (χ0v) is 6.08. The molecule has 10 heteroatoms. The van der Waals surface area contributed by atoms with E-state index in [9.17, 15) is 0 Å². The molecule has 0 aromatic heterocycles. The minimum atomic E-state index is -5.17. The minimum Gasteiger partial charge on any atom is -0.759 e. The van der Waals surface area contributed by atoms with E-state index in [-0.39, 0.29) is 16.5 Å². The molecule has 0 unspecified atom stereocenters. The van der Waals surface area contributed by atoms with Crippen LogP contribution in [-0.2, 0) is 26.9 Å². The molecule has 0 aliphatic rings. The van der Waals surface area contributed by atoms with E-state index in [1.165, 1.54) is 0 Å². The summed E-state index contributed by atoms with van der Waals surface area (Å²) >= 11 is 0. The van der Waals surface area contributed by atoms with Crippen molar-refractivity contribution < 1.29 is 49.1 Å². The van der Waals surface area contributed by atoms with Crippen molar-refractivity contribution >= 4 is 17.7 Å². The number of rotatable bonds is 0. The van der Waals surface area contributed by atoms with Gasteiger partial charge in [0.25, 0.3) is 0 Å². The summed E-state index contributed by atoms with van der Waals surface area (Å²) in [4.78, 5) is 0. The normalized spacial score (nSPS) is 8.50. The van der Waals surface area contributed by atoms with Crippen LogP contribution in [0, 0.1) is 0 Å². The van der Waals surface area contributed by atoms with Crippen LogP contribution in [0.2, 0.25) is 0 Å². The molecule has 64 valence electrons. The first kappa shape index (κ1) is 16.7. The van der Waals surface area contributed by atoms with E-state index in [2.05, 4.69) is 0 Å². The summed E-state index contributed by atoms with van der Waals surface area (Å²) in [5, 5.41) is 21.5. The van der Waals surface area contributed by atoms with Gasteiger partial charge >= 0.3 is 23.8 Å². The molecule has 0 aromatic rings. The van der Waals surface area contributed by atoms with Crippen molar-refractivity contribution in [2.45, 2.75) is 0 Å². The minimum absolute atomic E-state index is 0. The monoisotopic (exact) mass is 216 g/mol. The Morgan fingerprint density at radius 3 is 1.10 bits per heavy atom. The van der Waals surface area contributed by atoms with Crippen molar-refractivity contribution in [3.8, 4) is 0 Å². The van der Waals surface area contributed by atoms with Crippen LogP contribution in [0.5, 0.6) is 0 Å². The first-order valence-electron chi connectivity index (χ1n) is 1.44. The van der Waals surface area contributed by atoms with Gasteiger partial charge in [-0.2, -0.15) is 0 Å². The van der Waals surface area contributed by atoms with Crippen molar-refractivity contribution in [2.75, 3.05) is 0 Å². The summed E-state index contributed by atoms with van der Waals surface area (Å²) in [5.74, 6) is 0.